The number of alkyl halides is 2. The summed E-state index contributed by atoms with van der Waals surface area (Å²) < 4.78 is 0. The zero-order valence-corrected chi connectivity index (χ0v) is 14.6. The molecule has 0 aromatic carbocycles. The standard InChI is InChI=1S/C12H22Br2N2O2/c1-11(2,15-9(17)5-7-13)12(3,4)16-10(18)6-8-14/h5-8H2,1-4H3,(H,15,17)(H,16,18). The highest BCUT2D eigenvalue weighted by Crippen LogP contribution is 2.21. The van der Waals surface area contributed by atoms with Crippen LogP contribution in [0.25, 0.3) is 0 Å². The Morgan fingerprint density at radius 2 is 1.11 bits per heavy atom. The van der Waals surface area contributed by atoms with E-state index in [0.717, 1.165) is 0 Å². The van der Waals surface area contributed by atoms with E-state index in [1.165, 1.54) is 0 Å². The first-order chi connectivity index (χ1) is 8.16. The summed E-state index contributed by atoms with van der Waals surface area (Å²) in [6.45, 7) is 7.64. The van der Waals surface area contributed by atoms with Crippen LogP contribution >= 0.6 is 31.9 Å². The van der Waals surface area contributed by atoms with E-state index in [1.54, 1.807) is 0 Å². The molecular formula is C12H22Br2N2O2. The highest BCUT2D eigenvalue weighted by molar-refractivity contribution is 9.09. The average molecular weight is 386 g/mol. The lowest BCUT2D eigenvalue weighted by Crippen LogP contribution is -2.65. The van der Waals surface area contributed by atoms with Gasteiger partial charge in [-0.1, -0.05) is 31.9 Å². The third kappa shape index (κ3) is 5.69. The van der Waals surface area contributed by atoms with Gasteiger partial charge in [0.05, 0.1) is 11.1 Å². The van der Waals surface area contributed by atoms with Crippen molar-refractivity contribution in [3.05, 3.63) is 0 Å². The van der Waals surface area contributed by atoms with Crippen molar-refractivity contribution in [2.75, 3.05) is 10.7 Å². The van der Waals surface area contributed by atoms with E-state index in [4.69, 9.17) is 0 Å². The maximum atomic E-state index is 11.7. The second-order valence-corrected chi connectivity index (χ2v) is 6.81. The van der Waals surface area contributed by atoms with Gasteiger partial charge in [-0.25, -0.2) is 0 Å². The van der Waals surface area contributed by atoms with Gasteiger partial charge in [-0.05, 0) is 27.7 Å². The van der Waals surface area contributed by atoms with Crippen LogP contribution in [0.5, 0.6) is 0 Å². The van der Waals surface area contributed by atoms with Gasteiger partial charge in [-0.3, -0.25) is 9.59 Å². The fraction of sp³-hybridized carbons (Fsp3) is 0.833. The Morgan fingerprint density at radius 3 is 1.33 bits per heavy atom. The smallest absolute Gasteiger partial charge is 0.221 e. The Morgan fingerprint density at radius 1 is 0.833 bits per heavy atom. The minimum Gasteiger partial charge on any atom is -0.349 e. The number of rotatable bonds is 7. The molecule has 18 heavy (non-hydrogen) atoms. The van der Waals surface area contributed by atoms with Crippen molar-refractivity contribution >= 4 is 43.7 Å². The maximum Gasteiger partial charge on any atom is 0.221 e. The predicted octanol–water partition coefficient (Wildman–Crippen LogP) is 2.35. The molecule has 0 aromatic heterocycles. The summed E-state index contributed by atoms with van der Waals surface area (Å²) in [6, 6.07) is 0. The summed E-state index contributed by atoms with van der Waals surface area (Å²) in [7, 11) is 0. The van der Waals surface area contributed by atoms with Gasteiger partial charge in [-0.2, -0.15) is 0 Å². The Labute approximate surface area is 126 Å². The van der Waals surface area contributed by atoms with Crippen LogP contribution in [0.2, 0.25) is 0 Å². The second kappa shape index (κ2) is 7.48. The first-order valence-electron chi connectivity index (χ1n) is 5.90. The molecule has 4 nitrogen and oxygen atoms in total. The van der Waals surface area contributed by atoms with Crippen LogP contribution in [0.1, 0.15) is 40.5 Å². The molecule has 2 amide bonds. The molecule has 0 atom stereocenters. The highest BCUT2D eigenvalue weighted by Gasteiger charge is 2.39. The second-order valence-electron chi connectivity index (χ2n) is 5.22. The maximum absolute atomic E-state index is 11.7. The Hall–Kier alpha value is -0.100. The van der Waals surface area contributed by atoms with E-state index in [2.05, 4.69) is 42.5 Å². The van der Waals surface area contributed by atoms with Gasteiger partial charge in [0, 0.05) is 23.5 Å². The van der Waals surface area contributed by atoms with E-state index < -0.39 is 11.1 Å². The number of halogens is 2. The third-order valence-corrected chi connectivity index (χ3v) is 3.90. The summed E-state index contributed by atoms with van der Waals surface area (Å²) in [5.74, 6) is -0.0561. The quantitative estimate of drug-likeness (QED) is 0.661. The fourth-order valence-corrected chi connectivity index (χ4v) is 2.03. The van der Waals surface area contributed by atoms with Gasteiger partial charge in [0.25, 0.3) is 0 Å². The monoisotopic (exact) mass is 384 g/mol. The number of hydrogen-bond donors (Lipinski definition) is 2. The molecule has 0 aliphatic carbocycles. The van der Waals surface area contributed by atoms with Gasteiger partial charge in [0.15, 0.2) is 0 Å². The third-order valence-electron chi connectivity index (χ3n) is 3.11. The predicted molar refractivity (Wildman–Crippen MR) is 81.3 cm³/mol. The van der Waals surface area contributed by atoms with Gasteiger partial charge in [0.1, 0.15) is 0 Å². The number of carbonyl (C=O) groups excluding carboxylic acids is 2. The van der Waals surface area contributed by atoms with Crippen LogP contribution in [-0.2, 0) is 9.59 Å². The van der Waals surface area contributed by atoms with Crippen LogP contribution < -0.4 is 10.6 Å². The van der Waals surface area contributed by atoms with Crippen molar-refractivity contribution in [1.82, 2.24) is 10.6 Å². The summed E-state index contributed by atoms with van der Waals surface area (Å²) in [4.78, 5) is 23.3. The van der Waals surface area contributed by atoms with Crippen molar-refractivity contribution < 1.29 is 9.59 Å². The number of nitrogens with one attached hydrogen (secondary N) is 2. The molecule has 0 unspecified atom stereocenters. The lowest BCUT2D eigenvalue weighted by atomic mass is 9.82. The number of hydrogen-bond acceptors (Lipinski definition) is 2. The van der Waals surface area contributed by atoms with Gasteiger partial charge >= 0.3 is 0 Å². The van der Waals surface area contributed by atoms with E-state index in [-0.39, 0.29) is 11.8 Å². The van der Waals surface area contributed by atoms with E-state index in [1.807, 2.05) is 27.7 Å². The summed E-state index contributed by atoms with van der Waals surface area (Å²) in [5, 5.41) is 7.16. The minimum atomic E-state index is -0.520. The first kappa shape index (κ1) is 17.9. The van der Waals surface area contributed by atoms with Crippen molar-refractivity contribution in [1.29, 1.82) is 0 Å². The van der Waals surface area contributed by atoms with Gasteiger partial charge < -0.3 is 10.6 Å². The molecular weight excluding hydrogens is 364 g/mol. The number of carbonyl (C=O) groups is 2. The van der Waals surface area contributed by atoms with Crippen LogP contribution in [0.15, 0.2) is 0 Å². The molecule has 0 radical (unpaired) electrons. The van der Waals surface area contributed by atoms with Crippen molar-refractivity contribution in [2.45, 2.75) is 51.6 Å². The van der Waals surface area contributed by atoms with Crippen LogP contribution in [-0.4, -0.2) is 33.6 Å². The summed E-state index contributed by atoms with van der Waals surface area (Å²) in [5.41, 5.74) is -1.04. The lowest BCUT2D eigenvalue weighted by molar-refractivity contribution is -0.126. The molecule has 0 aliphatic heterocycles. The molecule has 0 aliphatic rings. The van der Waals surface area contributed by atoms with Crippen molar-refractivity contribution in [3.8, 4) is 0 Å². The molecule has 0 spiro atoms. The van der Waals surface area contributed by atoms with Crippen LogP contribution in [0.4, 0.5) is 0 Å². The summed E-state index contributed by atoms with van der Waals surface area (Å²) in [6.07, 6.45) is 0.851. The van der Waals surface area contributed by atoms with E-state index in [9.17, 15) is 9.59 Å². The van der Waals surface area contributed by atoms with E-state index in [0.29, 0.717) is 23.5 Å². The Balaban J connectivity index is 4.63. The topological polar surface area (TPSA) is 58.2 Å². The lowest BCUT2D eigenvalue weighted by Gasteiger charge is -2.42. The molecule has 0 heterocycles. The molecule has 0 saturated carbocycles. The largest absolute Gasteiger partial charge is 0.349 e. The molecule has 0 fully saturated rings. The SMILES string of the molecule is CC(C)(NC(=O)CCBr)C(C)(C)NC(=O)CCBr. The molecule has 6 heteroatoms. The molecule has 106 valence electrons. The van der Waals surface area contributed by atoms with Crippen molar-refractivity contribution in [2.24, 2.45) is 0 Å². The molecule has 0 saturated heterocycles. The Kier molecular flexibility index (Phi) is 7.44. The number of amides is 2. The summed E-state index contributed by atoms with van der Waals surface area (Å²) >= 11 is 6.47. The zero-order chi connectivity index (χ0) is 14.4. The molecule has 2 N–H and O–H groups in total. The average Bonchev–Trinajstić information content (AvgIpc) is 2.15. The highest BCUT2D eigenvalue weighted by atomic mass is 79.9. The van der Waals surface area contributed by atoms with Crippen molar-refractivity contribution in [3.63, 3.8) is 0 Å². The fourth-order valence-electron chi connectivity index (χ4n) is 1.31. The van der Waals surface area contributed by atoms with Crippen LogP contribution in [0.3, 0.4) is 0 Å². The van der Waals surface area contributed by atoms with Gasteiger partial charge in [0.2, 0.25) is 11.8 Å². The molecule has 0 bridgehead atoms. The minimum absolute atomic E-state index is 0.0281. The normalized spacial score (nSPS) is 12.1. The molecule has 0 aromatic rings. The van der Waals surface area contributed by atoms with Gasteiger partial charge in [-0.15, -0.1) is 0 Å². The first-order valence-corrected chi connectivity index (χ1v) is 8.14. The van der Waals surface area contributed by atoms with Crippen LogP contribution in [0, 0.1) is 0 Å². The molecule has 0 rings (SSSR count). The van der Waals surface area contributed by atoms with E-state index >= 15 is 0 Å². The zero-order valence-electron chi connectivity index (χ0n) is 11.4. The Bertz CT molecular complexity index is 274.